The molecule has 5 nitrogen and oxygen atoms in total. The maximum Gasteiger partial charge on any atom is 0.337 e. The van der Waals surface area contributed by atoms with Gasteiger partial charge in [0.25, 0.3) is 0 Å². The van der Waals surface area contributed by atoms with E-state index in [2.05, 4.69) is 4.74 Å². The molecule has 0 aromatic heterocycles. The molecule has 0 spiro atoms. The number of hydrogen-bond acceptors (Lipinski definition) is 4. The zero-order valence-corrected chi connectivity index (χ0v) is 9.47. The number of ether oxygens (including phenoxy) is 1. The van der Waals surface area contributed by atoms with Crippen LogP contribution >= 0.6 is 0 Å². The van der Waals surface area contributed by atoms with E-state index in [0.29, 0.717) is 0 Å². The Morgan fingerprint density at radius 3 is 2.00 bits per heavy atom. The van der Waals surface area contributed by atoms with Crippen LogP contribution in [0.25, 0.3) is 0 Å². The molecule has 7 heteroatoms. The largest absolute Gasteiger partial charge is 0.467 e. The van der Waals surface area contributed by atoms with E-state index in [0.717, 1.165) is 7.11 Å². The minimum Gasteiger partial charge on any atom is -0.467 e. The van der Waals surface area contributed by atoms with E-state index in [1.807, 2.05) is 5.32 Å². The first-order valence-electron chi connectivity index (χ1n) is 4.55. The van der Waals surface area contributed by atoms with Gasteiger partial charge in [-0.05, 0) is 13.8 Å². The first-order chi connectivity index (χ1) is 7.23. The molecule has 0 rings (SSSR count). The second-order valence-electron chi connectivity index (χ2n) is 4.02. The fraction of sp³-hybridized carbons (Fsp3) is 0.778. The van der Waals surface area contributed by atoms with Crippen LogP contribution in [-0.4, -0.2) is 43.4 Å². The van der Waals surface area contributed by atoms with Gasteiger partial charge in [-0.2, -0.15) is 0 Å². The number of carbonyl (C=O) groups is 2. The van der Waals surface area contributed by atoms with Crippen molar-refractivity contribution in [2.75, 3.05) is 20.5 Å². The number of methoxy groups -OCH3 is 1. The van der Waals surface area contributed by atoms with Crippen LogP contribution in [0, 0.1) is 0 Å². The predicted octanol–water partition coefficient (Wildman–Crippen LogP) is -0.309. The lowest BCUT2D eigenvalue weighted by atomic mass is 9.99. The van der Waals surface area contributed by atoms with Crippen molar-refractivity contribution in [3.63, 3.8) is 0 Å². The maximum absolute atomic E-state index is 12.7. The summed E-state index contributed by atoms with van der Waals surface area (Å²) in [6, 6.07) is 0. The molecule has 0 fully saturated rings. The van der Waals surface area contributed by atoms with E-state index in [1.54, 1.807) is 0 Å². The molecule has 3 N–H and O–H groups in total. The fourth-order valence-corrected chi connectivity index (χ4v) is 0.836. The first kappa shape index (κ1) is 14.8. The minimum absolute atomic E-state index is 0.840. The number of alkyl halides is 2. The average Bonchev–Trinajstić information content (AvgIpc) is 2.23. The van der Waals surface area contributed by atoms with Gasteiger partial charge in [0.05, 0.1) is 12.6 Å². The number of hydrogen-bond donors (Lipinski definition) is 2. The van der Waals surface area contributed by atoms with Gasteiger partial charge in [0, 0.05) is 0 Å². The summed E-state index contributed by atoms with van der Waals surface area (Å²) in [6.07, 6.45) is 0. The van der Waals surface area contributed by atoms with Crippen LogP contribution in [0.5, 0.6) is 0 Å². The number of nitrogens with two attached hydrogens (primary N) is 1. The van der Waals surface area contributed by atoms with Crippen molar-refractivity contribution < 1.29 is 23.1 Å². The predicted molar refractivity (Wildman–Crippen MR) is 53.1 cm³/mol. The van der Waals surface area contributed by atoms with Crippen LogP contribution in [-0.2, 0) is 14.3 Å². The molecule has 0 saturated carbocycles. The molecule has 0 unspecified atom stereocenters. The van der Waals surface area contributed by atoms with Crippen LogP contribution in [0.2, 0.25) is 0 Å². The molecule has 0 bridgehead atoms. The van der Waals surface area contributed by atoms with E-state index < -0.39 is 36.3 Å². The number of esters is 1. The second kappa shape index (κ2) is 5.20. The van der Waals surface area contributed by atoms with Crippen LogP contribution in [0.15, 0.2) is 0 Å². The number of nitrogens with one attached hydrogen (secondary N) is 1. The van der Waals surface area contributed by atoms with Gasteiger partial charge in [-0.3, -0.25) is 4.79 Å². The van der Waals surface area contributed by atoms with E-state index in [9.17, 15) is 18.4 Å². The zero-order chi connectivity index (χ0) is 13.0. The lowest BCUT2D eigenvalue weighted by Crippen LogP contribution is -2.64. The number of halogens is 2. The van der Waals surface area contributed by atoms with Gasteiger partial charge in [-0.1, -0.05) is 0 Å². The quantitative estimate of drug-likeness (QED) is 0.644. The molecule has 0 aliphatic heterocycles. The fourth-order valence-electron chi connectivity index (χ4n) is 0.836. The SMILES string of the molecule is COC(=O)C(CF)(CF)NC(=O)C(C)(C)N. The Morgan fingerprint density at radius 2 is 1.75 bits per heavy atom. The van der Waals surface area contributed by atoms with E-state index in [1.165, 1.54) is 13.8 Å². The molecule has 0 saturated heterocycles. The average molecular weight is 238 g/mol. The summed E-state index contributed by atoms with van der Waals surface area (Å²) in [4.78, 5) is 22.6. The summed E-state index contributed by atoms with van der Waals surface area (Å²) in [5.41, 5.74) is 1.78. The summed E-state index contributed by atoms with van der Waals surface area (Å²) < 4.78 is 29.6. The van der Waals surface area contributed by atoms with Crippen molar-refractivity contribution in [2.45, 2.75) is 24.9 Å². The molecular formula is C9H16F2N2O3. The highest BCUT2D eigenvalue weighted by molar-refractivity contribution is 5.92. The standard InChI is InChI=1S/C9H16F2N2O3/c1-8(2,12)6(14)13-9(4-10,5-11)7(15)16-3/h4-5,12H2,1-3H3,(H,13,14). The van der Waals surface area contributed by atoms with Crippen molar-refractivity contribution in [1.29, 1.82) is 0 Å². The molecule has 16 heavy (non-hydrogen) atoms. The van der Waals surface area contributed by atoms with Crippen LogP contribution < -0.4 is 11.1 Å². The Kier molecular flexibility index (Phi) is 4.80. The smallest absolute Gasteiger partial charge is 0.337 e. The van der Waals surface area contributed by atoms with Gasteiger partial charge in [0.15, 0.2) is 5.54 Å². The van der Waals surface area contributed by atoms with Crippen LogP contribution in [0.4, 0.5) is 8.78 Å². The Morgan fingerprint density at radius 1 is 1.31 bits per heavy atom. The topological polar surface area (TPSA) is 81.4 Å². The van der Waals surface area contributed by atoms with Crippen molar-refractivity contribution in [1.82, 2.24) is 5.32 Å². The third-order valence-electron chi connectivity index (χ3n) is 1.97. The summed E-state index contributed by atoms with van der Waals surface area (Å²) in [6.45, 7) is -0.113. The highest BCUT2D eigenvalue weighted by Crippen LogP contribution is 2.12. The van der Waals surface area contributed by atoms with Crippen molar-refractivity contribution in [3.8, 4) is 0 Å². The normalized spacial score (nSPS) is 12.1. The summed E-state index contributed by atoms with van der Waals surface area (Å²) in [5.74, 6) is -2.02. The van der Waals surface area contributed by atoms with Crippen LogP contribution in [0.3, 0.4) is 0 Å². The molecular weight excluding hydrogens is 222 g/mol. The first-order valence-corrected chi connectivity index (χ1v) is 4.55. The number of rotatable bonds is 5. The van der Waals surface area contributed by atoms with Crippen LogP contribution in [0.1, 0.15) is 13.8 Å². The molecule has 0 aromatic rings. The lowest BCUT2D eigenvalue weighted by Gasteiger charge is -2.29. The minimum atomic E-state index is -2.30. The Hall–Kier alpha value is -1.24. The van der Waals surface area contributed by atoms with Gasteiger partial charge < -0.3 is 15.8 Å². The Labute approximate surface area is 92.3 Å². The molecule has 0 aliphatic carbocycles. The third-order valence-corrected chi connectivity index (χ3v) is 1.97. The molecule has 0 aliphatic rings. The van der Waals surface area contributed by atoms with E-state index in [4.69, 9.17) is 5.73 Å². The number of amides is 1. The summed E-state index contributed by atoms with van der Waals surface area (Å²) in [5, 5.41) is 1.93. The van der Waals surface area contributed by atoms with Gasteiger partial charge >= 0.3 is 5.97 Å². The maximum atomic E-state index is 12.7. The molecule has 1 amide bonds. The van der Waals surface area contributed by atoms with Crippen molar-refractivity contribution in [3.05, 3.63) is 0 Å². The Balaban J connectivity index is 4.96. The third kappa shape index (κ3) is 3.13. The van der Waals surface area contributed by atoms with Gasteiger partial charge in [0.2, 0.25) is 5.91 Å². The molecule has 0 aromatic carbocycles. The molecule has 0 atom stereocenters. The highest BCUT2D eigenvalue weighted by Gasteiger charge is 2.44. The monoisotopic (exact) mass is 238 g/mol. The highest BCUT2D eigenvalue weighted by atomic mass is 19.1. The zero-order valence-electron chi connectivity index (χ0n) is 9.47. The molecule has 94 valence electrons. The van der Waals surface area contributed by atoms with Crippen molar-refractivity contribution in [2.24, 2.45) is 5.73 Å². The van der Waals surface area contributed by atoms with Crippen molar-refractivity contribution >= 4 is 11.9 Å². The molecule has 0 heterocycles. The Bertz CT molecular complexity index is 272. The molecule has 0 radical (unpaired) electrons. The van der Waals surface area contributed by atoms with E-state index >= 15 is 0 Å². The summed E-state index contributed by atoms with van der Waals surface area (Å²) in [7, 11) is 0.974. The lowest BCUT2D eigenvalue weighted by molar-refractivity contribution is -0.153. The van der Waals surface area contributed by atoms with Gasteiger partial charge in [-0.15, -0.1) is 0 Å². The number of carbonyl (C=O) groups excluding carboxylic acids is 2. The summed E-state index contributed by atoms with van der Waals surface area (Å²) >= 11 is 0. The van der Waals surface area contributed by atoms with Gasteiger partial charge in [-0.25, -0.2) is 13.6 Å². The van der Waals surface area contributed by atoms with E-state index in [-0.39, 0.29) is 0 Å². The second-order valence-corrected chi connectivity index (χ2v) is 4.02. The van der Waals surface area contributed by atoms with Gasteiger partial charge in [0.1, 0.15) is 13.3 Å².